The second-order valence-electron chi connectivity index (χ2n) is 5.32. The zero-order valence-electron chi connectivity index (χ0n) is 11.7. The van der Waals surface area contributed by atoms with Crippen LogP contribution in [0, 0.1) is 0 Å². The number of ketones is 1. The topological polar surface area (TPSA) is 54.0 Å². The van der Waals surface area contributed by atoms with Gasteiger partial charge in [0.25, 0.3) is 0 Å². The molecule has 0 amide bonds. The average Bonchev–Trinajstić information content (AvgIpc) is 2.27. The van der Waals surface area contributed by atoms with E-state index in [0.29, 0.717) is 32.8 Å². The third kappa shape index (κ3) is 5.44. The van der Waals surface area contributed by atoms with Gasteiger partial charge in [-0.15, -0.1) is 0 Å². The Morgan fingerprint density at radius 2 is 1.78 bits per heavy atom. The minimum atomic E-state index is -0.421. The molecule has 18 heavy (non-hydrogen) atoms. The second kappa shape index (κ2) is 7.19. The molecule has 2 unspecified atom stereocenters. The van der Waals surface area contributed by atoms with Crippen molar-refractivity contribution in [3.05, 3.63) is 0 Å². The standard InChI is InChI=1S/C13H24O5/c1-13(2,3)18-8-7-16-11-9-10(14)12(11)17-6-5-15-4/h11-12H,5-9H2,1-4H3. The summed E-state index contributed by atoms with van der Waals surface area (Å²) < 4.78 is 21.4. The molecule has 0 spiro atoms. The van der Waals surface area contributed by atoms with Gasteiger partial charge in [-0.1, -0.05) is 0 Å². The summed E-state index contributed by atoms with van der Waals surface area (Å²) in [7, 11) is 1.60. The lowest BCUT2D eigenvalue weighted by atomic mass is 9.90. The molecule has 1 fully saturated rings. The van der Waals surface area contributed by atoms with E-state index < -0.39 is 6.10 Å². The molecular weight excluding hydrogens is 236 g/mol. The van der Waals surface area contributed by atoms with E-state index in [0.717, 1.165) is 0 Å². The first-order valence-electron chi connectivity index (χ1n) is 6.33. The van der Waals surface area contributed by atoms with Crippen molar-refractivity contribution in [3.63, 3.8) is 0 Å². The minimum absolute atomic E-state index is 0.104. The van der Waals surface area contributed by atoms with Crippen LogP contribution < -0.4 is 0 Å². The van der Waals surface area contributed by atoms with E-state index in [1.807, 2.05) is 20.8 Å². The van der Waals surface area contributed by atoms with Crippen LogP contribution in [0.5, 0.6) is 0 Å². The van der Waals surface area contributed by atoms with Crippen molar-refractivity contribution < 1.29 is 23.7 Å². The highest BCUT2D eigenvalue weighted by Crippen LogP contribution is 2.23. The molecule has 1 saturated carbocycles. The van der Waals surface area contributed by atoms with Crippen LogP contribution in [0.2, 0.25) is 0 Å². The molecule has 1 aliphatic carbocycles. The number of methoxy groups -OCH3 is 1. The number of carbonyl (C=O) groups excluding carboxylic acids is 1. The quantitative estimate of drug-likeness (QED) is 0.614. The molecule has 0 radical (unpaired) electrons. The SMILES string of the molecule is COCCOC1C(=O)CC1OCCOC(C)(C)C. The van der Waals surface area contributed by atoms with Crippen molar-refractivity contribution in [3.8, 4) is 0 Å². The number of Topliss-reactive ketones (excluding diaryl/α,β-unsaturated/α-hetero) is 1. The minimum Gasteiger partial charge on any atom is -0.382 e. The lowest BCUT2D eigenvalue weighted by Crippen LogP contribution is -2.51. The van der Waals surface area contributed by atoms with Gasteiger partial charge in [-0.05, 0) is 20.8 Å². The monoisotopic (exact) mass is 260 g/mol. The fourth-order valence-electron chi connectivity index (χ4n) is 1.62. The summed E-state index contributed by atoms with van der Waals surface area (Å²) in [5.41, 5.74) is -0.160. The fourth-order valence-corrected chi connectivity index (χ4v) is 1.62. The number of rotatable bonds is 8. The molecule has 1 aliphatic rings. The smallest absolute Gasteiger partial charge is 0.166 e. The molecule has 1 rings (SSSR count). The maximum absolute atomic E-state index is 11.4. The number of ether oxygens (including phenoxy) is 4. The van der Waals surface area contributed by atoms with Crippen LogP contribution in [0.4, 0.5) is 0 Å². The third-order valence-corrected chi connectivity index (χ3v) is 2.59. The highest BCUT2D eigenvalue weighted by atomic mass is 16.6. The van der Waals surface area contributed by atoms with Gasteiger partial charge in [-0.3, -0.25) is 4.79 Å². The summed E-state index contributed by atoms with van der Waals surface area (Å²) in [4.78, 5) is 11.4. The Morgan fingerprint density at radius 3 is 2.33 bits per heavy atom. The van der Waals surface area contributed by atoms with Gasteiger partial charge in [-0.25, -0.2) is 0 Å². The molecule has 2 atom stereocenters. The first kappa shape index (κ1) is 15.6. The van der Waals surface area contributed by atoms with Crippen LogP contribution in [0.15, 0.2) is 0 Å². The van der Waals surface area contributed by atoms with Crippen molar-refractivity contribution in [1.82, 2.24) is 0 Å². The fraction of sp³-hybridized carbons (Fsp3) is 0.923. The van der Waals surface area contributed by atoms with Gasteiger partial charge in [0.15, 0.2) is 5.78 Å². The Balaban J connectivity index is 2.12. The zero-order valence-corrected chi connectivity index (χ0v) is 11.7. The molecule has 0 aliphatic heterocycles. The van der Waals surface area contributed by atoms with Gasteiger partial charge in [0.2, 0.25) is 0 Å². The van der Waals surface area contributed by atoms with E-state index >= 15 is 0 Å². The first-order chi connectivity index (χ1) is 8.44. The predicted molar refractivity (Wildman–Crippen MR) is 66.7 cm³/mol. The maximum atomic E-state index is 11.4. The Hall–Kier alpha value is -0.490. The number of hydrogen-bond acceptors (Lipinski definition) is 5. The van der Waals surface area contributed by atoms with E-state index in [1.54, 1.807) is 7.11 Å². The van der Waals surface area contributed by atoms with Crippen LogP contribution in [0.3, 0.4) is 0 Å². The number of hydrogen-bond donors (Lipinski definition) is 0. The first-order valence-corrected chi connectivity index (χ1v) is 6.33. The Labute approximate surface area is 109 Å². The van der Waals surface area contributed by atoms with Gasteiger partial charge >= 0.3 is 0 Å². The van der Waals surface area contributed by atoms with Crippen molar-refractivity contribution in [2.24, 2.45) is 0 Å². The van der Waals surface area contributed by atoms with Gasteiger partial charge in [-0.2, -0.15) is 0 Å². The summed E-state index contributed by atoms with van der Waals surface area (Å²) >= 11 is 0. The Bertz CT molecular complexity index is 259. The molecule has 0 saturated heterocycles. The highest BCUT2D eigenvalue weighted by Gasteiger charge is 2.41. The summed E-state index contributed by atoms with van der Waals surface area (Å²) in [6.07, 6.45) is -0.111. The van der Waals surface area contributed by atoms with Crippen molar-refractivity contribution >= 4 is 5.78 Å². The zero-order chi connectivity index (χ0) is 13.6. The largest absolute Gasteiger partial charge is 0.382 e. The normalized spacial score (nSPS) is 24.1. The van der Waals surface area contributed by atoms with Crippen LogP contribution in [-0.4, -0.2) is 57.1 Å². The van der Waals surface area contributed by atoms with E-state index in [2.05, 4.69) is 0 Å². The molecule has 0 aromatic heterocycles. The molecular formula is C13H24O5. The lowest BCUT2D eigenvalue weighted by Gasteiger charge is -2.34. The van der Waals surface area contributed by atoms with E-state index in [1.165, 1.54) is 0 Å². The van der Waals surface area contributed by atoms with E-state index in [9.17, 15) is 4.79 Å². The van der Waals surface area contributed by atoms with Gasteiger partial charge < -0.3 is 18.9 Å². The van der Waals surface area contributed by atoms with Crippen molar-refractivity contribution in [1.29, 1.82) is 0 Å². The summed E-state index contributed by atoms with van der Waals surface area (Å²) in [6, 6.07) is 0. The molecule has 0 bridgehead atoms. The van der Waals surface area contributed by atoms with Gasteiger partial charge in [0.05, 0.1) is 38.1 Å². The Kier molecular flexibility index (Phi) is 6.21. The molecule has 5 nitrogen and oxygen atoms in total. The van der Waals surface area contributed by atoms with E-state index in [4.69, 9.17) is 18.9 Å². The highest BCUT2D eigenvalue weighted by molar-refractivity contribution is 5.90. The second-order valence-corrected chi connectivity index (χ2v) is 5.32. The molecule has 0 heterocycles. The van der Waals surface area contributed by atoms with Gasteiger partial charge in [0, 0.05) is 13.5 Å². The molecule has 5 heteroatoms. The molecule has 106 valence electrons. The summed E-state index contributed by atoms with van der Waals surface area (Å²) in [5, 5.41) is 0. The lowest BCUT2D eigenvalue weighted by molar-refractivity contribution is -0.171. The average molecular weight is 260 g/mol. The molecule has 0 N–H and O–H groups in total. The Morgan fingerprint density at radius 1 is 1.11 bits per heavy atom. The van der Waals surface area contributed by atoms with Gasteiger partial charge in [0.1, 0.15) is 6.10 Å². The van der Waals surface area contributed by atoms with Crippen LogP contribution in [0.25, 0.3) is 0 Å². The van der Waals surface area contributed by atoms with Crippen LogP contribution in [0.1, 0.15) is 27.2 Å². The van der Waals surface area contributed by atoms with Crippen molar-refractivity contribution in [2.75, 3.05) is 33.5 Å². The molecule has 0 aromatic rings. The van der Waals surface area contributed by atoms with E-state index in [-0.39, 0.29) is 17.5 Å². The van der Waals surface area contributed by atoms with Crippen LogP contribution >= 0.6 is 0 Å². The number of carbonyl (C=O) groups is 1. The summed E-state index contributed by atoms with van der Waals surface area (Å²) in [6.45, 7) is 7.91. The maximum Gasteiger partial charge on any atom is 0.166 e. The van der Waals surface area contributed by atoms with Crippen LogP contribution in [-0.2, 0) is 23.7 Å². The summed E-state index contributed by atoms with van der Waals surface area (Å²) in [5.74, 6) is 0.104. The third-order valence-electron chi connectivity index (χ3n) is 2.59. The molecule has 0 aromatic carbocycles. The van der Waals surface area contributed by atoms with Crippen molar-refractivity contribution in [2.45, 2.75) is 45.0 Å². The predicted octanol–water partition coefficient (Wildman–Crippen LogP) is 1.19.